The largest absolute Gasteiger partial charge is 0.464 e. The standard InChI is InChI=1S/C16H22O/c1-15(2,3)13-11-9-7-8-10-12(11)14(17-13)16(4,5)6/h7-10H,1-6H3. The molecular formula is C16H22O. The van der Waals surface area contributed by atoms with E-state index in [0.717, 1.165) is 11.5 Å². The van der Waals surface area contributed by atoms with Crippen LogP contribution in [0.5, 0.6) is 0 Å². The lowest BCUT2D eigenvalue weighted by molar-refractivity contribution is 0.349. The smallest absolute Gasteiger partial charge is 0.117 e. The van der Waals surface area contributed by atoms with E-state index in [0.29, 0.717) is 0 Å². The van der Waals surface area contributed by atoms with Gasteiger partial charge >= 0.3 is 0 Å². The number of hydrogen-bond acceptors (Lipinski definition) is 1. The van der Waals surface area contributed by atoms with Crippen LogP contribution in [0, 0.1) is 0 Å². The minimum atomic E-state index is 0.0447. The molecule has 2 rings (SSSR count). The van der Waals surface area contributed by atoms with Crippen molar-refractivity contribution in [3.8, 4) is 0 Å². The highest BCUT2D eigenvalue weighted by molar-refractivity contribution is 5.88. The van der Waals surface area contributed by atoms with E-state index in [1.807, 2.05) is 0 Å². The summed E-state index contributed by atoms with van der Waals surface area (Å²) in [5, 5.41) is 2.51. The number of rotatable bonds is 0. The van der Waals surface area contributed by atoms with Crippen molar-refractivity contribution in [3.05, 3.63) is 35.8 Å². The summed E-state index contributed by atoms with van der Waals surface area (Å²) < 4.78 is 6.19. The molecular weight excluding hydrogens is 208 g/mol. The Hall–Kier alpha value is -1.24. The first kappa shape index (κ1) is 12.2. The third-order valence-corrected chi connectivity index (χ3v) is 2.98. The molecule has 0 radical (unpaired) electrons. The molecule has 0 unspecified atom stereocenters. The van der Waals surface area contributed by atoms with Crippen molar-refractivity contribution in [1.29, 1.82) is 0 Å². The molecule has 92 valence electrons. The average Bonchev–Trinajstić information content (AvgIpc) is 2.55. The van der Waals surface area contributed by atoms with Gasteiger partial charge in [-0.2, -0.15) is 0 Å². The minimum Gasteiger partial charge on any atom is -0.464 e. The Morgan fingerprint density at radius 3 is 1.35 bits per heavy atom. The molecule has 0 fully saturated rings. The number of fused-ring (bicyclic) bond motifs is 1. The fraction of sp³-hybridized carbons (Fsp3) is 0.500. The van der Waals surface area contributed by atoms with Gasteiger partial charge < -0.3 is 4.42 Å². The summed E-state index contributed by atoms with van der Waals surface area (Å²) in [7, 11) is 0. The van der Waals surface area contributed by atoms with Crippen molar-refractivity contribution >= 4 is 10.8 Å². The summed E-state index contributed by atoms with van der Waals surface area (Å²) in [6, 6.07) is 8.49. The van der Waals surface area contributed by atoms with Crippen molar-refractivity contribution in [3.63, 3.8) is 0 Å². The van der Waals surface area contributed by atoms with Gasteiger partial charge in [0, 0.05) is 21.6 Å². The van der Waals surface area contributed by atoms with Gasteiger partial charge in [-0.3, -0.25) is 0 Å². The molecule has 17 heavy (non-hydrogen) atoms. The highest BCUT2D eigenvalue weighted by atomic mass is 16.3. The second kappa shape index (κ2) is 3.63. The van der Waals surface area contributed by atoms with E-state index >= 15 is 0 Å². The van der Waals surface area contributed by atoms with Crippen LogP contribution >= 0.6 is 0 Å². The van der Waals surface area contributed by atoms with Crippen molar-refractivity contribution in [1.82, 2.24) is 0 Å². The number of hydrogen-bond donors (Lipinski definition) is 0. The van der Waals surface area contributed by atoms with Crippen molar-refractivity contribution < 1.29 is 4.42 Å². The third kappa shape index (κ3) is 2.11. The lowest BCUT2D eigenvalue weighted by Gasteiger charge is -2.18. The van der Waals surface area contributed by atoms with E-state index in [4.69, 9.17) is 4.42 Å². The molecule has 0 saturated heterocycles. The van der Waals surface area contributed by atoms with Crippen LogP contribution in [0.15, 0.2) is 28.7 Å². The Balaban J connectivity index is 2.81. The minimum absolute atomic E-state index is 0.0447. The molecule has 2 aromatic rings. The predicted molar refractivity (Wildman–Crippen MR) is 73.6 cm³/mol. The van der Waals surface area contributed by atoms with E-state index in [2.05, 4.69) is 65.8 Å². The van der Waals surface area contributed by atoms with Crippen LogP contribution in [0.25, 0.3) is 10.8 Å². The molecule has 0 amide bonds. The van der Waals surface area contributed by atoms with Gasteiger partial charge in [0.15, 0.2) is 0 Å². The molecule has 1 aromatic carbocycles. The van der Waals surface area contributed by atoms with Gasteiger partial charge in [0.2, 0.25) is 0 Å². The van der Waals surface area contributed by atoms with Crippen LogP contribution in [0.3, 0.4) is 0 Å². The molecule has 0 aliphatic rings. The molecule has 0 spiro atoms. The summed E-state index contributed by atoms with van der Waals surface area (Å²) in [4.78, 5) is 0. The molecule has 0 bridgehead atoms. The van der Waals surface area contributed by atoms with Gasteiger partial charge in [0.1, 0.15) is 11.5 Å². The SMILES string of the molecule is CC(C)(C)c1oc(C(C)(C)C)c2ccccc12. The van der Waals surface area contributed by atoms with Gasteiger partial charge in [-0.05, 0) is 0 Å². The van der Waals surface area contributed by atoms with E-state index in [9.17, 15) is 0 Å². The highest BCUT2D eigenvalue weighted by Gasteiger charge is 2.28. The second-order valence-electron chi connectivity index (χ2n) is 6.81. The first-order valence-corrected chi connectivity index (χ1v) is 6.24. The Labute approximate surface area is 104 Å². The van der Waals surface area contributed by atoms with Crippen LogP contribution < -0.4 is 0 Å². The highest BCUT2D eigenvalue weighted by Crippen LogP contribution is 2.39. The zero-order valence-corrected chi connectivity index (χ0v) is 11.7. The normalized spacial score (nSPS) is 13.3. The van der Waals surface area contributed by atoms with Gasteiger partial charge in [-0.1, -0.05) is 65.8 Å². The number of benzene rings is 1. The maximum atomic E-state index is 6.19. The van der Waals surface area contributed by atoms with Crippen LogP contribution in [0.1, 0.15) is 53.1 Å². The van der Waals surface area contributed by atoms with E-state index in [-0.39, 0.29) is 10.8 Å². The van der Waals surface area contributed by atoms with Gasteiger partial charge in [-0.15, -0.1) is 0 Å². The van der Waals surface area contributed by atoms with Gasteiger partial charge in [0.25, 0.3) is 0 Å². The van der Waals surface area contributed by atoms with Crippen LogP contribution in [-0.4, -0.2) is 0 Å². The lowest BCUT2D eigenvalue weighted by Crippen LogP contribution is -2.12. The Morgan fingerprint density at radius 2 is 1.06 bits per heavy atom. The fourth-order valence-corrected chi connectivity index (χ4v) is 2.21. The van der Waals surface area contributed by atoms with Crippen LogP contribution in [0.2, 0.25) is 0 Å². The fourth-order valence-electron chi connectivity index (χ4n) is 2.21. The molecule has 0 N–H and O–H groups in total. The molecule has 1 nitrogen and oxygen atoms in total. The van der Waals surface area contributed by atoms with Crippen LogP contribution in [0.4, 0.5) is 0 Å². The summed E-state index contributed by atoms with van der Waals surface area (Å²) in [6.07, 6.45) is 0. The zero-order chi connectivity index (χ0) is 12.8. The third-order valence-electron chi connectivity index (χ3n) is 2.98. The first-order valence-electron chi connectivity index (χ1n) is 6.24. The van der Waals surface area contributed by atoms with Crippen molar-refractivity contribution in [2.24, 2.45) is 0 Å². The number of furan rings is 1. The molecule has 1 aromatic heterocycles. The molecule has 0 aliphatic carbocycles. The molecule has 0 saturated carbocycles. The van der Waals surface area contributed by atoms with Crippen molar-refractivity contribution in [2.45, 2.75) is 52.4 Å². The quantitative estimate of drug-likeness (QED) is 0.618. The van der Waals surface area contributed by atoms with Crippen molar-refractivity contribution in [2.75, 3.05) is 0 Å². The lowest BCUT2D eigenvalue weighted by atomic mass is 9.88. The summed E-state index contributed by atoms with van der Waals surface area (Å²) >= 11 is 0. The summed E-state index contributed by atoms with van der Waals surface area (Å²) in [5.74, 6) is 2.19. The van der Waals surface area contributed by atoms with Gasteiger partial charge in [0.05, 0.1) is 0 Å². The Morgan fingerprint density at radius 1 is 0.706 bits per heavy atom. The first-order chi connectivity index (χ1) is 7.71. The molecule has 0 aliphatic heterocycles. The van der Waals surface area contributed by atoms with E-state index in [1.54, 1.807) is 0 Å². The predicted octanol–water partition coefficient (Wildman–Crippen LogP) is 5.03. The zero-order valence-electron chi connectivity index (χ0n) is 11.7. The molecule has 1 heteroatoms. The monoisotopic (exact) mass is 230 g/mol. The average molecular weight is 230 g/mol. The Kier molecular flexibility index (Phi) is 2.61. The van der Waals surface area contributed by atoms with E-state index in [1.165, 1.54) is 10.8 Å². The Bertz CT molecular complexity index is 485. The summed E-state index contributed by atoms with van der Waals surface area (Å²) in [6.45, 7) is 13.2. The summed E-state index contributed by atoms with van der Waals surface area (Å²) in [5.41, 5.74) is 0.0895. The topological polar surface area (TPSA) is 13.1 Å². The maximum absolute atomic E-state index is 6.19. The maximum Gasteiger partial charge on any atom is 0.117 e. The van der Waals surface area contributed by atoms with Gasteiger partial charge in [-0.25, -0.2) is 0 Å². The molecule has 1 heterocycles. The second-order valence-corrected chi connectivity index (χ2v) is 6.81. The van der Waals surface area contributed by atoms with Crippen LogP contribution in [-0.2, 0) is 10.8 Å². The molecule has 0 atom stereocenters. The van der Waals surface area contributed by atoms with E-state index < -0.39 is 0 Å².